The predicted octanol–water partition coefficient (Wildman–Crippen LogP) is 3.10. The van der Waals surface area contributed by atoms with Gasteiger partial charge < -0.3 is 9.64 Å². The lowest BCUT2D eigenvalue weighted by Crippen LogP contribution is -2.53. The van der Waals surface area contributed by atoms with Crippen LogP contribution in [0.4, 0.5) is 0 Å². The Balaban J connectivity index is 1.42. The minimum absolute atomic E-state index is 0.104. The van der Waals surface area contributed by atoms with Gasteiger partial charge in [-0.1, -0.05) is 37.5 Å². The molecule has 0 N–H and O–H groups in total. The van der Waals surface area contributed by atoms with Crippen molar-refractivity contribution in [2.75, 3.05) is 32.8 Å². The standard InChI is InChI=1S/C20H30N2O2/c1-16-6-8-19(9-7-16)24-15-20(23)22-12-10-21(11-13-22)18-5-3-4-17(2)14-18/h6-9,17-18H,3-5,10-15H2,1-2H3/t17-,18-/m0/s1. The van der Waals surface area contributed by atoms with E-state index < -0.39 is 0 Å². The number of amides is 1. The molecule has 1 saturated carbocycles. The van der Waals surface area contributed by atoms with Gasteiger partial charge in [0, 0.05) is 32.2 Å². The summed E-state index contributed by atoms with van der Waals surface area (Å²) in [6.07, 6.45) is 5.39. The van der Waals surface area contributed by atoms with E-state index in [9.17, 15) is 4.79 Å². The van der Waals surface area contributed by atoms with Crippen LogP contribution in [0, 0.1) is 12.8 Å². The Kier molecular flexibility index (Phi) is 5.77. The summed E-state index contributed by atoms with van der Waals surface area (Å²) in [5.41, 5.74) is 1.20. The molecule has 2 aliphatic rings. The van der Waals surface area contributed by atoms with E-state index in [2.05, 4.69) is 11.8 Å². The van der Waals surface area contributed by atoms with Crippen LogP contribution < -0.4 is 4.74 Å². The molecule has 1 saturated heterocycles. The first-order chi connectivity index (χ1) is 11.6. The van der Waals surface area contributed by atoms with Crippen LogP contribution in [-0.2, 0) is 4.79 Å². The van der Waals surface area contributed by atoms with Crippen molar-refractivity contribution in [3.8, 4) is 5.75 Å². The summed E-state index contributed by atoms with van der Waals surface area (Å²) in [4.78, 5) is 16.9. The molecule has 1 amide bonds. The average molecular weight is 330 g/mol. The molecule has 4 heteroatoms. The lowest BCUT2D eigenvalue weighted by atomic mass is 9.86. The largest absolute Gasteiger partial charge is 0.484 e. The van der Waals surface area contributed by atoms with E-state index in [1.54, 1.807) is 0 Å². The number of benzene rings is 1. The molecule has 4 nitrogen and oxygen atoms in total. The number of piperazine rings is 1. The molecule has 0 radical (unpaired) electrons. The fourth-order valence-corrected chi connectivity index (χ4v) is 3.94. The second-order valence-electron chi connectivity index (χ2n) is 7.44. The normalized spacial score (nSPS) is 25.5. The van der Waals surface area contributed by atoms with Gasteiger partial charge in [0.2, 0.25) is 0 Å². The third-order valence-corrected chi connectivity index (χ3v) is 5.48. The van der Waals surface area contributed by atoms with Crippen molar-refractivity contribution in [2.24, 2.45) is 5.92 Å². The molecule has 24 heavy (non-hydrogen) atoms. The highest BCUT2D eigenvalue weighted by Gasteiger charge is 2.28. The maximum atomic E-state index is 12.4. The van der Waals surface area contributed by atoms with Crippen LogP contribution in [0.3, 0.4) is 0 Å². The molecule has 0 aromatic heterocycles. The van der Waals surface area contributed by atoms with E-state index in [0.29, 0.717) is 0 Å². The van der Waals surface area contributed by atoms with Crippen LogP contribution in [0.1, 0.15) is 38.2 Å². The maximum Gasteiger partial charge on any atom is 0.260 e. The summed E-state index contributed by atoms with van der Waals surface area (Å²) < 4.78 is 5.63. The fraction of sp³-hybridized carbons (Fsp3) is 0.650. The Labute approximate surface area is 145 Å². The van der Waals surface area contributed by atoms with Gasteiger partial charge >= 0.3 is 0 Å². The summed E-state index contributed by atoms with van der Waals surface area (Å²) in [7, 11) is 0. The SMILES string of the molecule is Cc1ccc(OCC(=O)N2CCN([C@H]3CCC[C@H](C)C3)CC2)cc1. The maximum absolute atomic E-state index is 12.4. The van der Waals surface area contributed by atoms with Gasteiger partial charge in [-0.15, -0.1) is 0 Å². The van der Waals surface area contributed by atoms with Crippen LogP contribution in [0.15, 0.2) is 24.3 Å². The number of ether oxygens (including phenoxy) is 1. The zero-order valence-electron chi connectivity index (χ0n) is 15.0. The van der Waals surface area contributed by atoms with Crippen LogP contribution in [0.5, 0.6) is 5.75 Å². The van der Waals surface area contributed by atoms with Crippen molar-refractivity contribution in [2.45, 2.75) is 45.6 Å². The predicted molar refractivity (Wildman–Crippen MR) is 96.2 cm³/mol. The smallest absolute Gasteiger partial charge is 0.260 e. The van der Waals surface area contributed by atoms with Crippen LogP contribution in [0.2, 0.25) is 0 Å². The third-order valence-electron chi connectivity index (χ3n) is 5.48. The Morgan fingerprint density at radius 2 is 1.83 bits per heavy atom. The van der Waals surface area contributed by atoms with Gasteiger partial charge in [-0.3, -0.25) is 9.69 Å². The molecule has 0 bridgehead atoms. The summed E-state index contributed by atoms with van der Waals surface area (Å²) in [5, 5.41) is 0. The Morgan fingerprint density at radius 3 is 2.50 bits per heavy atom. The monoisotopic (exact) mass is 330 g/mol. The highest BCUT2D eigenvalue weighted by molar-refractivity contribution is 5.77. The van der Waals surface area contributed by atoms with E-state index in [4.69, 9.17) is 4.74 Å². The van der Waals surface area contributed by atoms with Gasteiger partial charge in [-0.25, -0.2) is 0 Å². The van der Waals surface area contributed by atoms with E-state index in [1.165, 1.54) is 31.2 Å². The van der Waals surface area contributed by atoms with Gasteiger partial charge in [-0.05, 0) is 37.8 Å². The van der Waals surface area contributed by atoms with Crippen molar-refractivity contribution in [3.05, 3.63) is 29.8 Å². The quantitative estimate of drug-likeness (QED) is 0.850. The summed E-state index contributed by atoms with van der Waals surface area (Å²) in [5.74, 6) is 1.72. The third kappa shape index (κ3) is 4.50. The molecule has 1 aromatic rings. The van der Waals surface area contributed by atoms with E-state index in [0.717, 1.165) is 43.9 Å². The van der Waals surface area contributed by atoms with Crippen molar-refractivity contribution >= 4 is 5.91 Å². The van der Waals surface area contributed by atoms with Crippen LogP contribution in [0.25, 0.3) is 0 Å². The molecular formula is C20H30N2O2. The Hall–Kier alpha value is -1.55. The van der Waals surface area contributed by atoms with Gasteiger partial charge in [0.1, 0.15) is 5.75 Å². The molecule has 132 valence electrons. The minimum Gasteiger partial charge on any atom is -0.484 e. The number of carbonyl (C=O) groups is 1. The van der Waals surface area contributed by atoms with Crippen LogP contribution >= 0.6 is 0 Å². The number of nitrogens with zero attached hydrogens (tertiary/aromatic N) is 2. The second kappa shape index (κ2) is 8.02. The number of carbonyl (C=O) groups excluding carboxylic acids is 1. The summed E-state index contributed by atoms with van der Waals surface area (Å²) in [6, 6.07) is 8.58. The zero-order valence-corrected chi connectivity index (χ0v) is 15.0. The van der Waals surface area contributed by atoms with Crippen molar-refractivity contribution in [1.29, 1.82) is 0 Å². The van der Waals surface area contributed by atoms with Gasteiger partial charge in [-0.2, -0.15) is 0 Å². The number of hydrogen-bond acceptors (Lipinski definition) is 3. The molecule has 1 aromatic carbocycles. The first-order valence-electron chi connectivity index (χ1n) is 9.33. The highest BCUT2D eigenvalue weighted by atomic mass is 16.5. The van der Waals surface area contributed by atoms with Gasteiger partial charge in [0.05, 0.1) is 0 Å². The zero-order chi connectivity index (χ0) is 16.9. The fourth-order valence-electron chi connectivity index (χ4n) is 3.94. The first-order valence-corrected chi connectivity index (χ1v) is 9.33. The van der Waals surface area contributed by atoms with E-state index >= 15 is 0 Å². The van der Waals surface area contributed by atoms with Crippen molar-refractivity contribution in [1.82, 2.24) is 9.80 Å². The number of aryl methyl sites for hydroxylation is 1. The van der Waals surface area contributed by atoms with Crippen LogP contribution in [-0.4, -0.2) is 54.5 Å². The molecule has 1 aliphatic heterocycles. The minimum atomic E-state index is 0.104. The second-order valence-corrected chi connectivity index (χ2v) is 7.44. The summed E-state index contributed by atoms with van der Waals surface area (Å²) in [6.45, 7) is 8.24. The molecule has 2 fully saturated rings. The molecule has 0 spiro atoms. The molecule has 2 atom stereocenters. The van der Waals surface area contributed by atoms with E-state index in [-0.39, 0.29) is 12.5 Å². The topological polar surface area (TPSA) is 32.8 Å². The van der Waals surface area contributed by atoms with Gasteiger partial charge in [0.15, 0.2) is 6.61 Å². The molecule has 0 unspecified atom stereocenters. The molecule has 1 aliphatic carbocycles. The summed E-state index contributed by atoms with van der Waals surface area (Å²) >= 11 is 0. The molecule has 3 rings (SSSR count). The Morgan fingerprint density at radius 1 is 1.12 bits per heavy atom. The number of hydrogen-bond donors (Lipinski definition) is 0. The molecule has 1 heterocycles. The van der Waals surface area contributed by atoms with Gasteiger partial charge in [0.25, 0.3) is 5.91 Å². The van der Waals surface area contributed by atoms with E-state index in [1.807, 2.05) is 36.1 Å². The lowest BCUT2D eigenvalue weighted by Gasteiger charge is -2.42. The number of rotatable bonds is 4. The first kappa shape index (κ1) is 17.3. The van der Waals surface area contributed by atoms with Crippen molar-refractivity contribution in [3.63, 3.8) is 0 Å². The molecular weight excluding hydrogens is 300 g/mol. The lowest BCUT2D eigenvalue weighted by molar-refractivity contribution is -0.135. The highest BCUT2D eigenvalue weighted by Crippen LogP contribution is 2.27. The van der Waals surface area contributed by atoms with Crippen molar-refractivity contribution < 1.29 is 9.53 Å². The Bertz CT molecular complexity index is 535. The average Bonchev–Trinajstić information content (AvgIpc) is 2.61.